The number of rotatable bonds is 57. The van der Waals surface area contributed by atoms with E-state index in [4.69, 9.17) is 9.47 Å². The van der Waals surface area contributed by atoms with Crippen molar-refractivity contribution in [2.75, 3.05) is 106 Å². The summed E-state index contributed by atoms with van der Waals surface area (Å²) >= 11 is 0. The molecule has 0 aliphatic carbocycles. The van der Waals surface area contributed by atoms with Crippen molar-refractivity contribution in [1.82, 2.24) is 30.7 Å². The van der Waals surface area contributed by atoms with Gasteiger partial charge in [0.05, 0.1) is 13.7 Å². The fraction of sp³-hybridized carbons (Fsp3) is 0.918. The van der Waals surface area contributed by atoms with Crippen LogP contribution in [0.25, 0.3) is 0 Å². The highest BCUT2D eigenvalue weighted by atomic mass is 31.2. The van der Waals surface area contributed by atoms with Crippen LogP contribution in [0, 0.1) is 0 Å². The predicted octanol–water partition coefficient (Wildman–Crippen LogP) is 12.7. The van der Waals surface area contributed by atoms with Crippen molar-refractivity contribution in [2.45, 2.75) is 258 Å². The zero-order chi connectivity index (χ0) is 56.2. The molecular formula is C61H121N6O8P. The number of carbonyl (C=O) groups is 5. The minimum atomic E-state index is -2.98. The first kappa shape index (κ1) is 73.5. The largest absolute Gasteiger partial charge is 0.466 e. The lowest BCUT2D eigenvalue weighted by Gasteiger charge is -2.22. The van der Waals surface area contributed by atoms with Gasteiger partial charge in [-0.25, -0.2) is 0 Å². The number of hydrogen-bond donors (Lipinski definition) is 3. The second-order valence-corrected chi connectivity index (χ2v) is 26.0. The third-order valence-electron chi connectivity index (χ3n) is 14.5. The van der Waals surface area contributed by atoms with E-state index in [1.54, 1.807) is 0 Å². The molecule has 0 saturated carbocycles. The van der Waals surface area contributed by atoms with Gasteiger partial charge in [0.15, 0.2) is 0 Å². The van der Waals surface area contributed by atoms with Crippen molar-refractivity contribution in [3.05, 3.63) is 0 Å². The van der Waals surface area contributed by atoms with E-state index in [1.165, 1.54) is 96.3 Å². The topological polar surface area (TPSA) is 167 Å². The van der Waals surface area contributed by atoms with E-state index in [0.717, 1.165) is 122 Å². The van der Waals surface area contributed by atoms with Gasteiger partial charge in [-0.05, 0) is 118 Å². The lowest BCUT2D eigenvalue weighted by molar-refractivity contribution is -0.150. The molecule has 14 nitrogen and oxygen atoms in total. The van der Waals surface area contributed by atoms with Crippen LogP contribution in [0.1, 0.15) is 252 Å². The zero-order valence-corrected chi connectivity index (χ0v) is 51.5. The Labute approximate surface area is 467 Å². The van der Waals surface area contributed by atoms with Crippen molar-refractivity contribution in [3.8, 4) is 0 Å². The molecule has 3 amide bonds. The molecule has 0 aromatic rings. The van der Waals surface area contributed by atoms with Gasteiger partial charge in [0.2, 0.25) is 17.7 Å². The minimum absolute atomic E-state index is 0.0223. The average molecular weight is 1100 g/mol. The van der Waals surface area contributed by atoms with Gasteiger partial charge in [-0.1, -0.05) is 149 Å². The Hall–Kier alpha value is -2.54. The maximum absolute atomic E-state index is 14.1. The maximum Gasteiger partial charge on any atom is 0.306 e. The molecule has 0 spiro atoms. The monoisotopic (exact) mass is 1100 g/mol. The van der Waals surface area contributed by atoms with Crippen LogP contribution in [-0.4, -0.2) is 156 Å². The molecule has 0 bridgehead atoms. The highest BCUT2D eigenvalue weighted by molar-refractivity contribution is 7.64. The molecule has 0 aromatic carbocycles. The molecule has 0 aliphatic rings. The van der Waals surface area contributed by atoms with Crippen LogP contribution in [-0.2, 0) is 38.0 Å². The molecule has 0 unspecified atom stereocenters. The number of unbranched alkanes of at least 4 members (excludes halogenated alkanes) is 23. The molecule has 0 atom stereocenters. The van der Waals surface area contributed by atoms with Crippen LogP contribution in [0.3, 0.4) is 0 Å². The van der Waals surface area contributed by atoms with Gasteiger partial charge >= 0.3 is 11.9 Å². The summed E-state index contributed by atoms with van der Waals surface area (Å²) in [6.07, 6.45) is 37.0. The fourth-order valence-corrected chi connectivity index (χ4v) is 11.9. The first-order valence-electron chi connectivity index (χ1n) is 31.5. The first-order valence-corrected chi connectivity index (χ1v) is 33.7. The molecule has 448 valence electrons. The summed E-state index contributed by atoms with van der Waals surface area (Å²) in [7, 11) is 4.76. The Morgan fingerprint density at radius 2 is 0.750 bits per heavy atom. The molecule has 0 rings (SSSR count). The van der Waals surface area contributed by atoms with E-state index in [-0.39, 0.29) is 73.5 Å². The van der Waals surface area contributed by atoms with Crippen molar-refractivity contribution in [2.24, 2.45) is 0 Å². The van der Waals surface area contributed by atoms with Crippen LogP contribution >= 0.6 is 7.14 Å². The molecule has 76 heavy (non-hydrogen) atoms. The number of carbonyl (C=O) groups excluding carboxylic acids is 5. The van der Waals surface area contributed by atoms with Crippen LogP contribution < -0.4 is 16.0 Å². The molecule has 0 fully saturated rings. The van der Waals surface area contributed by atoms with Gasteiger partial charge in [0, 0.05) is 83.3 Å². The van der Waals surface area contributed by atoms with Crippen molar-refractivity contribution in [3.63, 3.8) is 0 Å². The molecule has 0 heterocycles. The number of likely N-dealkylation sites (N-methyl/N-ethyl adjacent to an activating group) is 2. The minimum Gasteiger partial charge on any atom is -0.466 e. The summed E-state index contributed by atoms with van der Waals surface area (Å²) < 4.78 is 25.8. The summed E-state index contributed by atoms with van der Waals surface area (Å²) in [5.74, 6) is -0.594. The third-order valence-corrected chi connectivity index (χ3v) is 17.6. The number of hydrogen-bond acceptors (Lipinski definition) is 11. The molecule has 15 heteroatoms. The molecule has 0 saturated heterocycles. The fourth-order valence-electron chi connectivity index (χ4n) is 9.42. The van der Waals surface area contributed by atoms with Gasteiger partial charge in [0.1, 0.15) is 6.10 Å². The Bertz CT molecular complexity index is 1400. The number of esters is 2. The molecular weight excluding hydrogens is 976 g/mol. The number of nitrogens with zero attached hydrogens (tertiary/aromatic N) is 3. The quantitative estimate of drug-likeness (QED) is 0.0301. The van der Waals surface area contributed by atoms with E-state index in [1.807, 2.05) is 38.0 Å². The normalized spacial score (nSPS) is 11.8. The highest BCUT2D eigenvalue weighted by Gasteiger charge is 2.26. The van der Waals surface area contributed by atoms with Gasteiger partial charge in [-0.2, -0.15) is 0 Å². The average Bonchev–Trinajstić information content (AvgIpc) is 3.38. The Morgan fingerprint density at radius 1 is 0.395 bits per heavy atom. The summed E-state index contributed by atoms with van der Waals surface area (Å²) in [6, 6.07) is 0. The molecule has 0 aromatic heterocycles. The summed E-state index contributed by atoms with van der Waals surface area (Å²) in [5, 5.41) is 8.81. The zero-order valence-electron chi connectivity index (χ0n) is 50.6. The summed E-state index contributed by atoms with van der Waals surface area (Å²) in [4.78, 5) is 70.1. The predicted molar refractivity (Wildman–Crippen MR) is 319 cm³/mol. The summed E-state index contributed by atoms with van der Waals surface area (Å²) in [5.41, 5.74) is 0. The van der Waals surface area contributed by atoms with E-state index >= 15 is 0 Å². The van der Waals surface area contributed by atoms with Gasteiger partial charge < -0.3 is 44.7 Å². The van der Waals surface area contributed by atoms with Crippen molar-refractivity contribution in [1.29, 1.82) is 0 Å². The number of nitrogens with one attached hydrogen (secondary N) is 3. The third kappa shape index (κ3) is 50.9. The van der Waals surface area contributed by atoms with Gasteiger partial charge in [-0.15, -0.1) is 0 Å². The molecule has 0 aliphatic heterocycles. The van der Waals surface area contributed by atoms with Gasteiger partial charge in [-0.3, -0.25) is 24.0 Å². The van der Waals surface area contributed by atoms with E-state index in [0.29, 0.717) is 52.2 Å². The lowest BCUT2D eigenvalue weighted by atomic mass is 10.0. The Balaban J connectivity index is 5.11. The maximum atomic E-state index is 14.1. The van der Waals surface area contributed by atoms with Crippen LogP contribution in [0.5, 0.6) is 0 Å². The van der Waals surface area contributed by atoms with Gasteiger partial charge in [0.25, 0.3) is 0 Å². The van der Waals surface area contributed by atoms with E-state index < -0.39 is 7.14 Å². The SMILES string of the molecule is CCCCCCCCCOC(=O)CCCCCN(CCCCCCCC(=O)OC(CCCCCCCC)CCCCCCCC)CCCCNC(=O)CCP(=O)(CCC(=O)NCCN(C)C)CCC(=O)NCCN(C)C. The number of amides is 3. The second kappa shape index (κ2) is 53.1. The van der Waals surface area contributed by atoms with Crippen molar-refractivity contribution < 1.29 is 38.0 Å². The number of ether oxygens (including phenoxy) is 2. The standard InChI is InChI=1S/C61H121N6O8P/c1-8-11-14-17-20-26-36-52-74-60(71)39-31-27-34-48-67(47-33-25-21-24-30-40-61(72)75-56(37-28-22-18-15-12-9-2)38-29-23-19-16-13-10-3)49-35-32-44-62-57(68)41-53-76(73,54-42-58(69)63-45-50-65(4)5)55-43-59(70)64-46-51-66(6)7/h56H,8-55H2,1-7H3,(H,62,68)(H,63,69)(H,64,70). The van der Waals surface area contributed by atoms with E-state index in [2.05, 4.69) is 41.6 Å². The van der Waals surface area contributed by atoms with Crippen molar-refractivity contribution >= 4 is 36.8 Å². The first-order chi connectivity index (χ1) is 36.7. The lowest BCUT2D eigenvalue weighted by Crippen LogP contribution is -2.32. The highest BCUT2D eigenvalue weighted by Crippen LogP contribution is 2.47. The molecule has 3 N–H and O–H groups in total. The van der Waals surface area contributed by atoms with E-state index in [9.17, 15) is 28.5 Å². The Kier molecular flexibility index (Phi) is 51.3. The Morgan fingerprint density at radius 3 is 1.20 bits per heavy atom. The molecule has 0 radical (unpaired) electrons. The van der Waals surface area contributed by atoms with Crippen LogP contribution in [0.15, 0.2) is 0 Å². The summed E-state index contributed by atoms with van der Waals surface area (Å²) in [6.45, 7) is 13.1. The van der Waals surface area contributed by atoms with Crippen LogP contribution in [0.4, 0.5) is 0 Å². The van der Waals surface area contributed by atoms with Crippen LogP contribution in [0.2, 0.25) is 0 Å². The smallest absolute Gasteiger partial charge is 0.306 e. The second-order valence-electron chi connectivity index (χ2n) is 22.6.